The zero-order valence-corrected chi connectivity index (χ0v) is 14.7. The Kier molecular flexibility index (Phi) is 6.17. The van der Waals surface area contributed by atoms with Crippen molar-refractivity contribution in [1.29, 1.82) is 0 Å². The van der Waals surface area contributed by atoms with Crippen molar-refractivity contribution >= 4 is 17.8 Å². The first-order chi connectivity index (χ1) is 13.1. The number of carbonyl (C=O) groups excluding carboxylic acids is 3. The molecule has 140 valence electrons. The van der Waals surface area contributed by atoms with Gasteiger partial charge in [0.1, 0.15) is 12.6 Å². The van der Waals surface area contributed by atoms with Crippen LogP contribution >= 0.6 is 0 Å². The van der Waals surface area contributed by atoms with Crippen molar-refractivity contribution in [2.75, 3.05) is 13.2 Å². The molecule has 27 heavy (non-hydrogen) atoms. The van der Waals surface area contributed by atoms with Crippen LogP contribution in [0.1, 0.15) is 11.1 Å². The quantitative estimate of drug-likeness (QED) is 0.560. The molecule has 1 saturated heterocycles. The fourth-order valence-corrected chi connectivity index (χ4v) is 2.56. The number of ether oxygens (including phenoxy) is 1. The smallest absolute Gasteiger partial charge is 0.335 e. The Morgan fingerprint density at radius 1 is 1.00 bits per heavy atom. The van der Waals surface area contributed by atoms with Crippen molar-refractivity contribution in [2.45, 2.75) is 19.1 Å². The summed E-state index contributed by atoms with van der Waals surface area (Å²) in [6.45, 7) is -0.0102. The van der Waals surface area contributed by atoms with Crippen molar-refractivity contribution in [1.82, 2.24) is 10.4 Å². The van der Waals surface area contributed by atoms with Crippen molar-refractivity contribution in [3.63, 3.8) is 0 Å². The number of carbonyl (C=O) groups is 3. The van der Waals surface area contributed by atoms with Gasteiger partial charge in [-0.15, -0.1) is 0 Å². The minimum Gasteiger partial charge on any atom is -0.459 e. The molecule has 2 aromatic rings. The van der Waals surface area contributed by atoms with E-state index in [-0.39, 0.29) is 38.0 Å². The maximum Gasteiger partial charge on any atom is 0.335 e. The van der Waals surface area contributed by atoms with Gasteiger partial charge in [-0.1, -0.05) is 60.7 Å². The monoisotopic (exact) mass is 368 g/mol. The highest BCUT2D eigenvalue weighted by molar-refractivity contribution is 5.92. The summed E-state index contributed by atoms with van der Waals surface area (Å²) in [5, 5.41) is 3.71. The van der Waals surface area contributed by atoms with E-state index in [1.54, 1.807) is 0 Å². The van der Waals surface area contributed by atoms with Gasteiger partial charge in [0, 0.05) is 0 Å². The number of amides is 2. The molecule has 3 rings (SSSR count). The van der Waals surface area contributed by atoms with E-state index in [0.717, 1.165) is 16.2 Å². The topological polar surface area (TPSA) is 84.9 Å². The Bertz CT molecular complexity index is 795. The first-order valence-electron chi connectivity index (χ1n) is 8.59. The van der Waals surface area contributed by atoms with E-state index in [9.17, 15) is 14.4 Å². The molecule has 0 saturated carbocycles. The van der Waals surface area contributed by atoms with Crippen molar-refractivity contribution in [3.8, 4) is 0 Å². The number of nitrogens with zero attached hydrogens (tertiary/aromatic N) is 1. The third kappa shape index (κ3) is 5.39. The van der Waals surface area contributed by atoms with E-state index in [2.05, 4.69) is 5.32 Å². The number of hydrogen-bond donors (Lipinski definition) is 1. The first-order valence-corrected chi connectivity index (χ1v) is 8.59. The third-order valence-electron chi connectivity index (χ3n) is 4.02. The molecule has 1 fully saturated rings. The Morgan fingerprint density at radius 3 is 2.26 bits per heavy atom. The fourth-order valence-electron chi connectivity index (χ4n) is 2.56. The van der Waals surface area contributed by atoms with Crippen LogP contribution in [0.2, 0.25) is 0 Å². The van der Waals surface area contributed by atoms with E-state index < -0.39 is 12.0 Å². The minimum absolute atomic E-state index is 0.148. The largest absolute Gasteiger partial charge is 0.459 e. The lowest BCUT2D eigenvalue weighted by Gasteiger charge is -2.36. The predicted octanol–water partition coefficient (Wildman–Crippen LogP) is 1.23. The Hall–Kier alpha value is -3.19. The molecule has 1 unspecified atom stereocenters. The highest BCUT2D eigenvalue weighted by atomic mass is 16.7. The van der Waals surface area contributed by atoms with Gasteiger partial charge in [0.15, 0.2) is 6.61 Å². The van der Waals surface area contributed by atoms with Crippen molar-refractivity contribution in [2.24, 2.45) is 0 Å². The molecule has 2 amide bonds. The van der Waals surface area contributed by atoms with Gasteiger partial charge in [-0.3, -0.25) is 14.4 Å². The van der Waals surface area contributed by atoms with Crippen molar-refractivity contribution < 1.29 is 24.0 Å². The Balaban J connectivity index is 1.33. The maximum atomic E-state index is 12.0. The molecule has 2 aromatic carbocycles. The number of hydrogen-bond acceptors (Lipinski definition) is 5. The minimum atomic E-state index is -0.624. The lowest BCUT2D eigenvalue weighted by Crippen LogP contribution is -2.63. The van der Waals surface area contributed by atoms with Gasteiger partial charge in [-0.05, 0) is 11.1 Å². The zero-order valence-electron chi connectivity index (χ0n) is 14.7. The lowest BCUT2D eigenvalue weighted by molar-refractivity contribution is -0.218. The second-order valence-corrected chi connectivity index (χ2v) is 6.10. The number of hydroxylamine groups is 2. The molecule has 0 bridgehead atoms. The van der Waals surface area contributed by atoms with Crippen LogP contribution in [0.5, 0.6) is 0 Å². The van der Waals surface area contributed by atoms with E-state index >= 15 is 0 Å². The van der Waals surface area contributed by atoms with E-state index in [4.69, 9.17) is 9.57 Å². The summed E-state index contributed by atoms with van der Waals surface area (Å²) in [4.78, 5) is 40.7. The number of benzene rings is 2. The number of esters is 1. The fraction of sp³-hybridized carbons (Fsp3) is 0.250. The van der Waals surface area contributed by atoms with Crippen molar-refractivity contribution in [3.05, 3.63) is 71.8 Å². The van der Waals surface area contributed by atoms with Gasteiger partial charge in [0.2, 0.25) is 5.91 Å². The summed E-state index contributed by atoms with van der Waals surface area (Å²) >= 11 is 0. The summed E-state index contributed by atoms with van der Waals surface area (Å²) in [7, 11) is 0. The van der Waals surface area contributed by atoms with E-state index in [1.807, 2.05) is 60.7 Å². The molecular weight excluding hydrogens is 348 g/mol. The molecule has 7 nitrogen and oxygen atoms in total. The van der Waals surface area contributed by atoms with E-state index in [1.165, 1.54) is 0 Å². The van der Waals surface area contributed by atoms with Gasteiger partial charge in [-0.2, -0.15) is 0 Å². The molecule has 7 heteroatoms. The summed E-state index contributed by atoms with van der Waals surface area (Å²) < 4.78 is 5.07. The molecule has 0 aromatic heterocycles. The van der Waals surface area contributed by atoms with Crippen LogP contribution in [0.25, 0.3) is 0 Å². The summed E-state index contributed by atoms with van der Waals surface area (Å²) in [5.74, 6) is -1.18. The average molecular weight is 368 g/mol. The highest BCUT2D eigenvalue weighted by Gasteiger charge is 2.39. The number of rotatable bonds is 8. The Morgan fingerprint density at radius 2 is 1.63 bits per heavy atom. The molecule has 1 atom stereocenters. The summed E-state index contributed by atoms with van der Waals surface area (Å²) in [6.07, 6.45) is 0.206. The van der Waals surface area contributed by atoms with Crippen LogP contribution in [-0.2, 0) is 37.0 Å². The standard InChI is InChI=1S/C20H20N2O5/c23-18(11-15-7-3-1-4-8-15)21-17-12-22(20(17)25)27-14-19(24)26-13-16-9-5-2-6-10-16/h1-10,17H,11-14H2,(H,21,23). The van der Waals surface area contributed by atoms with E-state index in [0.29, 0.717) is 0 Å². The second kappa shape index (κ2) is 8.95. The van der Waals surface area contributed by atoms with Crippen LogP contribution in [0.15, 0.2) is 60.7 Å². The van der Waals surface area contributed by atoms with Gasteiger partial charge in [0.25, 0.3) is 5.91 Å². The molecule has 1 aliphatic rings. The molecule has 0 spiro atoms. The van der Waals surface area contributed by atoms with Gasteiger partial charge >= 0.3 is 5.97 Å². The second-order valence-electron chi connectivity index (χ2n) is 6.10. The van der Waals surface area contributed by atoms with Crippen LogP contribution < -0.4 is 5.32 Å². The van der Waals surface area contributed by atoms with Gasteiger partial charge in [0.05, 0.1) is 13.0 Å². The lowest BCUT2D eigenvalue weighted by atomic mass is 10.1. The summed E-state index contributed by atoms with van der Waals surface area (Å²) in [6, 6.07) is 17.9. The molecule has 0 radical (unpaired) electrons. The molecule has 1 aliphatic heterocycles. The average Bonchev–Trinajstić information content (AvgIpc) is 2.69. The highest BCUT2D eigenvalue weighted by Crippen LogP contribution is 2.11. The molecule has 0 aliphatic carbocycles. The van der Waals surface area contributed by atoms with Crippen LogP contribution in [0.3, 0.4) is 0 Å². The van der Waals surface area contributed by atoms with Crippen LogP contribution in [-0.4, -0.2) is 42.0 Å². The number of β-lactam (4-membered cyclic amide) rings is 1. The first kappa shape index (κ1) is 18.6. The van der Waals surface area contributed by atoms with Gasteiger partial charge < -0.3 is 10.1 Å². The molecule has 1 heterocycles. The predicted molar refractivity (Wildman–Crippen MR) is 96.0 cm³/mol. The third-order valence-corrected chi connectivity index (χ3v) is 4.02. The number of nitrogens with one attached hydrogen (secondary N) is 1. The maximum absolute atomic E-state index is 12.0. The van der Waals surface area contributed by atoms with Gasteiger partial charge in [-0.25, -0.2) is 9.86 Å². The normalized spacial score (nSPS) is 15.8. The van der Waals surface area contributed by atoms with Crippen LogP contribution in [0.4, 0.5) is 0 Å². The Labute approximate surface area is 156 Å². The van der Waals surface area contributed by atoms with Crippen LogP contribution in [0, 0.1) is 0 Å². The zero-order chi connectivity index (χ0) is 19.1. The SMILES string of the molecule is O=C(Cc1ccccc1)NC1CN(OCC(=O)OCc2ccccc2)C1=O. The summed E-state index contributed by atoms with van der Waals surface area (Å²) in [5.41, 5.74) is 1.74. The molecule has 1 N–H and O–H groups in total. The molecular formula is C20H20N2O5.